The Labute approximate surface area is 233 Å². The number of aromatic nitrogens is 1. The third-order valence-corrected chi connectivity index (χ3v) is 8.36. The van der Waals surface area contributed by atoms with Crippen molar-refractivity contribution in [2.45, 2.75) is 53.5 Å². The highest BCUT2D eigenvalue weighted by Crippen LogP contribution is 2.44. The molecule has 2 heterocycles. The molecule has 4 aromatic rings. The molecule has 1 atom stereocenters. The SMILES string of the molecule is Cc1cc(OCCCc2c3n(c4c(-c5c(C)cc(O)cc5C)c(Cl)ccc24)C(C)CNC3=O)cc(C)c1Cl. The normalized spacial score (nSPS) is 15.0. The van der Waals surface area contributed by atoms with Gasteiger partial charge in [-0.15, -0.1) is 0 Å². The van der Waals surface area contributed by atoms with Crippen molar-refractivity contribution in [2.24, 2.45) is 0 Å². The summed E-state index contributed by atoms with van der Waals surface area (Å²) in [5.41, 5.74) is 8.39. The topological polar surface area (TPSA) is 63.5 Å². The molecular formula is C31H32Cl2N2O3. The van der Waals surface area contributed by atoms with E-state index in [0.29, 0.717) is 30.3 Å². The molecule has 0 bridgehead atoms. The number of phenols is 1. The Morgan fingerprint density at radius 2 is 1.66 bits per heavy atom. The van der Waals surface area contributed by atoms with Crippen LogP contribution in [0.15, 0.2) is 36.4 Å². The molecule has 0 aliphatic carbocycles. The number of phenolic OH excluding ortho intramolecular Hbond substituents is 1. The molecule has 3 aromatic carbocycles. The second-order valence-electron chi connectivity index (χ2n) is 10.4. The molecule has 5 rings (SSSR count). The van der Waals surface area contributed by atoms with Crippen molar-refractivity contribution in [2.75, 3.05) is 13.2 Å². The number of aromatic hydroxyl groups is 1. The minimum absolute atomic E-state index is 0.0603. The van der Waals surface area contributed by atoms with Gasteiger partial charge in [0, 0.05) is 28.6 Å². The molecule has 2 N–H and O–H groups in total. The number of nitrogens with one attached hydrogen (secondary N) is 1. The fourth-order valence-corrected chi connectivity index (χ4v) is 6.16. The molecule has 0 saturated heterocycles. The zero-order valence-corrected chi connectivity index (χ0v) is 23.8. The Morgan fingerprint density at radius 3 is 2.32 bits per heavy atom. The fraction of sp³-hybridized carbons (Fsp3) is 0.323. The summed E-state index contributed by atoms with van der Waals surface area (Å²) >= 11 is 13.2. The predicted molar refractivity (Wildman–Crippen MR) is 155 cm³/mol. The number of carbonyl (C=O) groups is 1. The van der Waals surface area contributed by atoms with Gasteiger partial charge < -0.3 is 19.7 Å². The van der Waals surface area contributed by atoms with Crippen molar-refractivity contribution >= 4 is 40.0 Å². The van der Waals surface area contributed by atoms with Crippen LogP contribution in [0, 0.1) is 27.7 Å². The Balaban J connectivity index is 1.58. The Kier molecular flexibility index (Phi) is 7.10. The molecule has 1 aliphatic rings. The first-order valence-corrected chi connectivity index (χ1v) is 13.7. The fourth-order valence-electron chi connectivity index (χ4n) is 5.80. The molecule has 1 aromatic heterocycles. The van der Waals surface area contributed by atoms with Gasteiger partial charge in [-0.25, -0.2) is 0 Å². The van der Waals surface area contributed by atoms with Gasteiger partial charge in [0.15, 0.2) is 0 Å². The lowest BCUT2D eigenvalue weighted by Crippen LogP contribution is -2.38. The summed E-state index contributed by atoms with van der Waals surface area (Å²) in [6, 6.07) is 11.4. The van der Waals surface area contributed by atoms with Crippen LogP contribution >= 0.6 is 23.2 Å². The van der Waals surface area contributed by atoms with Gasteiger partial charge in [-0.3, -0.25) is 4.79 Å². The molecule has 0 saturated carbocycles. The van der Waals surface area contributed by atoms with Crippen LogP contribution in [0.25, 0.3) is 22.0 Å². The average Bonchev–Trinajstić information content (AvgIpc) is 3.18. The maximum atomic E-state index is 13.3. The van der Waals surface area contributed by atoms with Crippen molar-refractivity contribution in [3.63, 3.8) is 0 Å². The van der Waals surface area contributed by atoms with Gasteiger partial charge in [0.1, 0.15) is 17.2 Å². The number of hydrogen-bond acceptors (Lipinski definition) is 3. The lowest BCUT2D eigenvalue weighted by atomic mass is 9.93. The van der Waals surface area contributed by atoms with Crippen LogP contribution in [-0.4, -0.2) is 28.7 Å². The minimum Gasteiger partial charge on any atom is -0.508 e. The molecule has 38 heavy (non-hydrogen) atoms. The van der Waals surface area contributed by atoms with Crippen molar-refractivity contribution in [3.8, 4) is 22.6 Å². The molecule has 0 radical (unpaired) electrons. The summed E-state index contributed by atoms with van der Waals surface area (Å²) in [6.45, 7) is 11.1. The summed E-state index contributed by atoms with van der Waals surface area (Å²) in [4.78, 5) is 13.3. The lowest BCUT2D eigenvalue weighted by molar-refractivity contribution is 0.0918. The quantitative estimate of drug-likeness (QED) is 0.240. The van der Waals surface area contributed by atoms with Crippen molar-refractivity contribution in [1.82, 2.24) is 9.88 Å². The number of carbonyl (C=O) groups excluding carboxylic acids is 1. The van der Waals surface area contributed by atoms with E-state index in [1.165, 1.54) is 0 Å². The van der Waals surface area contributed by atoms with E-state index in [-0.39, 0.29) is 17.7 Å². The molecule has 0 spiro atoms. The molecule has 1 aliphatic heterocycles. The molecule has 1 amide bonds. The number of rotatable bonds is 6. The number of benzene rings is 3. The zero-order valence-electron chi connectivity index (χ0n) is 22.3. The first-order valence-electron chi connectivity index (χ1n) is 12.9. The number of aryl methyl sites for hydroxylation is 5. The van der Waals surface area contributed by atoms with Crippen LogP contribution in [0.1, 0.15) is 57.7 Å². The van der Waals surface area contributed by atoms with E-state index in [2.05, 4.69) is 16.8 Å². The Bertz CT molecular complexity index is 1540. The maximum Gasteiger partial charge on any atom is 0.268 e. The van der Waals surface area contributed by atoms with E-state index >= 15 is 0 Å². The highest BCUT2D eigenvalue weighted by atomic mass is 35.5. The standard InChI is InChI=1S/C31H32Cl2N2O3/c1-16-11-21(36)12-17(2)26(16)27-25(32)9-8-24-23(30-31(37)34-15-20(5)35(30)29(24)27)7-6-10-38-22-13-18(3)28(33)19(4)14-22/h8-9,11-14,20,36H,6-7,10,15H2,1-5H3,(H,34,37). The van der Waals surface area contributed by atoms with E-state index in [0.717, 1.165) is 67.0 Å². The van der Waals surface area contributed by atoms with E-state index in [4.69, 9.17) is 27.9 Å². The van der Waals surface area contributed by atoms with Gasteiger partial charge in [-0.1, -0.05) is 29.3 Å². The van der Waals surface area contributed by atoms with Crippen LogP contribution in [0.5, 0.6) is 11.5 Å². The van der Waals surface area contributed by atoms with E-state index in [1.54, 1.807) is 12.1 Å². The number of halogens is 2. The second kappa shape index (κ2) is 10.2. The van der Waals surface area contributed by atoms with Crippen LogP contribution in [0.4, 0.5) is 0 Å². The monoisotopic (exact) mass is 550 g/mol. The molecule has 0 fully saturated rings. The molecular weight excluding hydrogens is 519 g/mol. The van der Waals surface area contributed by atoms with Crippen molar-refractivity contribution in [1.29, 1.82) is 0 Å². The number of amides is 1. The first kappa shape index (κ1) is 26.5. The smallest absolute Gasteiger partial charge is 0.268 e. The van der Waals surface area contributed by atoms with Gasteiger partial charge >= 0.3 is 0 Å². The van der Waals surface area contributed by atoms with Crippen LogP contribution in [0.2, 0.25) is 10.0 Å². The predicted octanol–water partition coefficient (Wildman–Crippen LogP) is 7.87. The molecule has 5 nitrogen and oxygen atoms in total. The highest BCUT2D eigenvalue weighted by Gasteiger charge is 2.31. The molecule has 198 valence electrons. The third-order valence-electron chi connectivity index (χ3n) is 7.45. The maximum absolute atomic E-state index is 13.3. The molecule has 7 heteroatoms. The van der Waals surface area contributed by atoms with Gasteiger partial charge in [-0.2, -0.15) is 0 Å². The highest BCUT2D eigenvalue weighted by molar-refractivity contribution is 6.35. The Morgan fingerprint density at radius 1 is 1.00 bits per heavy atom. The minimum atomic E-state index is -0.0691. The van der Waals surface area contributed by atoms with E-state index < -0.39 is 0 Å². The second-order valence-corrected chi connectivity index (χ2v) is 11.1. The number of hydrogen-bond donors (Lipinski definition) is 2. The lowest BCUT2D eigenvalue weighted by Gasteiger charge is -2.26. The Hall–Kier alpha value is -3.15. The first-order chi connectivity index (χ1) is 18.1. The van der Waals surface area contributed by atoms with Gasteiger partial charge in [0.25, 0.3) is 5.91 Å². The molecule has 1 unspecified atom stereocenters. The number of fused-ring (bicyclic) bond motifs is 3. The van der Waals surface area contributed by atoms with Crippen LogP contribution < -0.4 is 10.1 Å². The summed E-state index contributed by atoms with van der Waals surface area (Å²) < 4.78 is 8.23. The van der Waals surface area contributed by atoms with E-state index in [1.807, 2.05) is 52.0 Å². The van der Waals surface area contributed by atoms with E-state index in [9.17, 15) is 9.90 Å². The summed E-state index contributed by atoms with van der Waals surface area (Å²) in [5, 5.41) is 15.6. The van der Waals surface area contributed by atoms with Crippen LogP contribution in [0.3, 0.4) is 0 Å². The number of nitrogens with zero attached hydrogens (tertiary/aromatic N) is 1. The third kappa shape index (κ3) is 4.52. The van der Waals surface area contributed by atoms with Gasteiger partial charge in [0.05, 0.1) is 17.1 Å². The van der Waals surface area contributed by atoms with Crippen molar-refractivity contribution in [3.05, 3.63) is 80.0 Å². The van der Waals surface area contributed by atoms with Gasteiger partial charge in [0.2, 0.25) is 0 Å². The average molecular weight is 552 g/mol. The largest absolute Gasteiger partial charge is 0.508 e. The van der Waals surface area contributed by atoms with Crippen molar-refractivity contribution < 1.29 is 14.6 Å². The summed E-state index contributed by atoms with van der Waals surface area (Å²) in [7, 11) is 0. The van der Waals surface area contributed by atoms with Gasteiger partial charge in [-0.05, 0) is 111 Å². The summed E-state index contributed by atoms with van der Waals surface area (Å²) in [5.74, 6) is 0.955. The summed E-state index contributed by atoms with van der Waals surface area (Å²) in [6.07, 6.45) is 1.42. The number of ether oxygens (including phenoxy) is 1. The zero-order chi connectivity index (χ0) is 27.3. The van der Waals surface area contributed by atoms with Crippen LogP contribution in [-0.2, 0) is 6.42 Å².